The summed E-state index contributed by atoms with van der Waals surface area (Å²) < 4.78 is 16.5. The highest BCUT2D eigenvalue weighted by Gasteiger charge is 2.26. The van der Waals surface area contributed by atoms with Crippen molar-refractivity contribution in [3.63, 3.8) is 0 Å². The third-order valence-electron chi connectivity index (χ3n) is 4.50. The van der Waals surface area contributed by atoms with Crippen LogP contribution in [0.5, 0.6) is 17.2 Å². The summed E-state index contributed by atoms with van der Waals surface area (Å²) >= 11 is 0. The fraction of sp³-hybridized carbons (Fsp3) is 0.409. The molecule has 0 heterocycles. The second-order valence-electron chi connectivity index (χ2n) is 6.85. The van der Waals surface area contributed by atoms with E-state index in [4.69, 9.17) is 14.2 Å². The lowest BCUT2D eigenvalue weighted by Gasteiger charge is -2.31. The fourth-order valence-corrected chi connectivity index (χ4v) is 3.36. The van der Waals surface area contributed by atoms with Gasteiger partial charge in [-0.1, -0.05) is 6.07 Å². The number of nitrogens with zero attached hydrogens (tertiary/aromatic N) is 1. The maximum absolute atomic E-state index is 13.4. The van der Waals surface area contributed by atoms with Crippen LogP contribution in [0.4, 0.5) is 0 Å². The molecule has 0 unspecified atom stereocenters. The Balaban J connectivity index is 2.76. The topological polar surface area (TPSA) is 48.0 Å². The first-order valence-corrected chi connectivity index (χ1v) is 9.07. The summed E-state index contributed by atoms with van der Waals surface area (Å²) in [6.45, 7) is 8.07. The van der Waals surface area contributed by atoms with Gasteiger partial charge < -0.3 is 19.1 Å². The Hall–Kier alpha value is -2.69. The standard InChI is InChI=1S/C22H29NO4/c1-14(2)23(15(3)4)22(24)17-12-11-16(25-5)13-18(17)21-19(26-6)9-8-10-20(21)27-7/h8-15H,1-7H3. The summed E-state index contributed by atoms with van der Waals surface area (Å²) in [5, 5.41) is 0. The molecule has 2 aromatic rings. The summed E-state index contributed by atoms with van der Waals surface area (Å²) in [7, 11) is 4.82. The van der Waals surface area contributed by atoms with Gasteiger partial charge in [0.05, 0.1) is 26.9 Å². The number of carbonyl (C=O) groups excluding carboxylic acids is 1. The fourth-order valence-electron chi connectivity index (χ4n) is 3.36. The first kappa shape index (κ1) is 20.6. The third-order valence-corrected chi connectivity index (χ3v) is 4.50. The number of hydrogen-bond donors (Lipinski definition) is 0. The first-order chi connectivity index (χ1) is 12.8. The Morgan fingerprint density at radius 2 is 1.41 bits per heavy atom. The van der Waals surface area contributed by atoms with E-state index in [0.717, 1.165) is 11.1 Å². The molecule has 27 heavy (non-hydrogen) atoms. The normalized spacial score (nSPS) is 10.9. The summed E-state index contributed by atoms with van der Waals surface area (Å²) in [5.74, 6) is 1.90. The van der Waals surface area contributed by atoms with Crippen LogP contribution in [0, 0.1) is 0 Å². The zero-order valence-electron chi connectivity index (χ0n) is 17.2. The Bertz CT molecular complexity index is 769. The molecule has 1 amide bonds. The van der Waals surface area contributed by atoms with E-state index in [9.17, 15) is 4.79 Å². The first-order valence-electron chi connectivity index (χ1n) is 9.07. The second-order valence-corrected chi connectivity index (χ2v) is 6.85. The van der Waals surface area contributed by atoms with Crippen molar-refractivity contribution in [3.05, 3.63) is 42.0 Å². The Morgan fingerprint density at radius 1 is 0.852 bits per heavy atom. The van der Waals surface area contributed by atoms with E-state index in [-0.39, 0.29) is 18.0 Å². The quantitative estimate of drug-likeness (QED) is 0.711. The van der Waals surface area contributed by atoms with E-state index in [0.29, 0.717) is 22.8 Å². The number of carbonyl (C=O) groups is 1. The minimum Gasteiger partial charge on any atom is -0.497 e. The van der Waals surface area contributed by atoms with Crippen LogP contribution < -0.4 is 14.2 Å². The molecule has 2 aromatic carbocycles. The zero-order chi connectivity index (χ0) is 20.1. The predicted molar refractivity (Wildman–Crippen MR) is 108 cm³/mol. The Kier molecular flexibility index (Phi) is 6.72. The molecule has 5 heteroatoms. The molecule has 0 radical (unpaired) electrons. The Morgan fingerprint density at radius 3 is 1.85 bits per heavy atom. The molecule has 0 bridgehead atoms. The van der Waals surface area contributed by atoms with Crippen LogP contribution in [0.25, 0.3) is 11.1 Å². The van der Waals surface area contributed by atoms with Crippen molar-refractivity contribution < 1.29 is 19.0 Å². The molecule has 0 fully saturated rings. The van der Waals surface area contributed by atoms with E-state index in [1.54, 1.807) is 33.5 Å². The van der Waals surface area contributed by atoms with Crippen LogP contribution in [-0.4, -0.2) is 44.2 Å². The van der Waals surface area contributed by atoms with Crippen molar-refractivity contribution in [2.75, 3.05) is 21.3 Å². The molecule has 0 atom stereocenters. The predicted octanol–water partition coefficient (Wildman–Crippen LogP) is 4.64. The molecule has 0 spiro atoms. The van der Waals surface area contributed by atoms with Gasteiger partial charge in [0.15, 0.2) is 0 Å². The highest BCUT2D eigenvalue weighted by atomic mass is 16.5. The van der Waals surface area contributed by atoms with E-state index in [1.165, 1.54) is 0 Å². The lowest BCUT2D eigenvalue weighted by atomic mass is 9.96. The molecule has 0 aliphatic carbocycles. The van der Waals surface area contributed by atoms with E-state index in [1.807, 2.05) is 56.9 Å². The second kappa shape index (κ2) is 8.80. The smallest absolute Gasteiger partial charge is 0.254 e. The summed E-state index contributed by atoms with van der Waals surface area (Å²) in [5.41, 5.74) is 2.04. The monoisotopic (exact) mass is 371 g/mol. The summed E-state index contributed by atoms with van der Waals surface area (Å²) in [4.78, 5) is 15.3. The largest absolute Gasteiger partial charge is 0.497 e. The molecule has 0 N–H and O–H groups in total. The summed E-state index contributed by atoms with van der Waals surface area (Å²) in [6, 6.07) is 11.2. The number of amides is 1. The maximum Gasteiger partial charge on any atom is 0.254 e. The molecule has 146 valence electrons. The molecular weight excluding hydrogens is 342 g/mol. The molecule has 0 saturated carbocycles. The van der Waals surface area contributed by atoms with Gasteiger partial charge in [-0.3, -0.25) is 4.79 Å². The lowest BCUT2D eigenvalue weighted by molar-refractivity contribution is 0.0644. The van der Waals surface area contributed by atoms with Crippen molar-refractivity contribution in [1.29, 1.82) is 0 Å². The minimum absolute atomic E-state index is 0.0365. The maximum atomic E-state index is 13.4. The van der Waals surface area contributed by atoms with Crippen molar-refractivity contribution >= 4 is 5.91 Å². The van der Waals surface area contributed by atoms with Crippen LogP contribution in [0.3, 0.4) is 0 Å². The molecule has 0 aliphatic rings. The van der Waals surface area contributed by atoms with Crippen LogP contribution in [0.1, 0.15) is 38.1 Å². The van der Waals surface area contributed by atoms with E-state index < -0.39 is 0 Å². The van der Waals surface area contributed by atoms with Crippen molar-refractivity contribution in [2.45, 2.75) is 39.8 Å². The zero-order valence-corrected chi connectivity index (χ0v) is 17.2. The van der Waals surface area contributed by atoms with E-state index in [2.05, 4.69) is 0 Å². The van der Waals surface area contributed by atoms with Crippen molar-refractivity contribution in [2.24, 2.45) is 0 Å². The SMILES string of the molecule is COc1ccc(C(=O)N(C(C)C)C(C)C)c(-c2c(OC)cccc2OC)c1. The number of ether oxygens (including phenoxy) is 3. The molecule has 0 aliphatic heterocycles. The number of benzene rings is 2. The highest BCUT2D eigenvalue weighted by molar-refractivity contribution is 6.03. The van der Waals surface area contributed by atoms with Crippen molar-refractivity contribution in [3.8, 4) is 28.4 Å². The van der Waals surface area contributed by atoms with Gasteiger partial charge in [0.25, 0.3) is 5.91 Å². The number of methoxy groups -OCH3 is 3. The average Bonchev–Trinajstić information content (AvgIpc) is 2.65. The Labute approximate surface area is 161 Å². The number of rotatable bonds is 7. The van der Waals surface area contributed by atoms with Crippen LogP contribution >= 0.6 is 0 Å². The van der Waals surface area contributed by atoms with Gasteiger partial charge in [-0.05, 0) is 58.0 Å². The van der Waals surface area contributed by atoms with Crippen molar-refractivity contribution in [1.82, 2.24) is 4.90 Å². The van der Waals surface area contributed by atoms with Gasteiger partial charge in [-0.2, -0.15) is 0 Å². The van der Waals surface area contributed by atoms with E-state index >= 15 is 0 Å². The molecular formula is C22H29NO4. The molecule has 0 aromatic heterocycles. The van der Waals surface area contributed by atoms with Gasteiger partial charge in [-0.25, -0.2) is 0 Å². The van der Waals surface area contributed by atoms with Gasteiger partial charge in [0, 0.05) is 23.2 Å². The van der Waals surface area contributed by atoms with Gasteiger partial charge in [-0.15, -0.1) is 0 Å². The number of hydrogen-bond acceptors (Lipinski definition) is 4. The summed E-state index contributed by atoms with van der Waals surface area (Å²) in [6.07, 6.45) is 0. The van der Waals surface area contributed by atoms with Crippen LogP contribution in [0.2, 0.25) is 0 Å². The molecule has 5 nitrogen and oxygen atoms in total. The van der Waals surface area contributed by atoms with Crippen LogP contribution in [-0.2, 0) is 0 Å². The minimum atomic E-state index is -0.0365. The van der Waals surface area contributed by atoms with Gasteiger partial charge in [0.1, 0.15) is 17.2 Å². The lowest BCUT2D eigenvalue weighted by Crippen LogP contribution is -2.42. The third kappa shape index (κ3) is 4.18. The molecule has 0 saturated heterocycles. The van der Waals surface area contributed by atoms with Gasteiger partial charge >= 0.3 is 0 Å². The average molecular weight is 371 g/mol. The highest BCUT2D eigenvalue weighted by Crippen LogP contribution is 2.41. The van der Waals surface area contributed by atoms with Gasteiger partial charge in [0.2, 0.25) is 0 Å². The molecule has 2 rings (SSSR count). The van der Waals surface area contributed by atoms with Crippen LogP contribution in [0.15, 0.2) is 36.4 Å².